The zero-order valence-electron chi connectivity index (χ0n) is 10.3. The molecule has 1 fully saturated rings. The van der Waals surface area contributed by atoms with Crippen LogP contribution in [0.3, 0.4) is 0 Å². The molecule has 0 bridgehead atoms. The molecule has 104 valence electrons. The lowest BCUT2D eigenvalue weighted by atomic mass is 10.0. The second-order valence-electron chi connectivity index (χ2n) is 4.25. The van der Waals surface area contributed by atoms with Gasteiger partial charge in [-0.3, -0.25) is 14.9 Å². The molecule has 8 nitrogen and oxygen atoms in total. The molecule has 3 atom stereocenters. The van der Waals surface area contributed by atoms with Gasteiger partial charge in [-0.1, -0.05) is 0 Å². The minimum atomic E-state index is -0.654. The number of aliphatic hydroxyl groups excluding tert-OH is 1. The van der Waals surface area contributed by atoms with Crippen LogP contribution in [0.2, 0.25) is 0 Å². The molecule has 1 N–H and O–H groups in total. The van der Waals surface area contributed by atoms with Crippen molar-refractivity contribution < 1.29 is 24.3 Å². The van der Waals surface area contributed by atoms with Crippen molar-refractivity contribution in [3.63, 3.8) is 0 Å². The number of nitro groups is 1. The van der Waals surface area contributed by atoms with Crippen molar-refractivity contribution in [1.82, 2.24) is 4.57 Å². The third-order valence-corrected chi connectivity index (χ3v) is 3.16. The summed E-state index contributed by atoms with van der Waals surface area (Å²) in [6, 6.07) is 1.35. The number of esters is 1. The van der Waals surface area contributed by atoms with Crippen LogP contribution in [-0.2, 0) is 14.3 Å². The van der Waals surface area contributed by atoms with E-state index in [-0.39, 0.29) is 12.3 Å². The van der Waals surface area contributed by atoms with Crippen molar-refractivity contribution in [2.24, 2.45) is 5.92 Å². The first kappa shape index (κ1) is 13.5. The average Bonchev–Trinajstić information content (AvgIpc) is 3.03. The van der Waals surface area contributed by atoms with E-state index in [4.69, 9.17) is 4.74 Å². The number of aliphatic hydroxyl groups is 1. The number of ether oxygens (including phenoxy) is 2. The minimum absolute atomic E-state index is 0.0503. The van der Waals surface area contributed by atoms with Gasteiger partial charge < -0.3 is 19.1 Å². The molecule has 2 heterocycles. The Hall–Kier alpha value is -1.93. The van der Waals surface area contributed by atoms with Gasteiger partial charge in [-0.05, 0) is 0 Å². The minimum Gasteiger partial charge on any atom is -0.469 e. The summed E-state index contributed by atoms with van der Waals surface area (Å²) < 4.78 is 11.7. The second kappa shape index (κ2) is 5.37. The van der Waals surface area contributed by atoms with Crippen LogP contribution >= 0.6 is 0 Å². The topological polar surface area (TPSA) is 104 Å². The summed E-state index contributed by atoms with van der Waals surface area (Å²) in [7, 11) is 1.27. The molecule has 0 amide bonds. The van der Waals surface area contributed by atoms with Crippen LogP contribution in [0.4, 0.5) is 5.69 Å². The van der Waals surface area contributed by atoms with Gasteiger partial charge in [0.15, 0.2) is 0 Å². The van der Waals surface area contributed by atoms with Crippen LogP contribution in [-0.4, -0.2) is 40.4 Å². The Balaban J connectivity index is 2.14. The average molecular weight is 270 g/mol. The summed E-state index contributed by atoms with van der Waals surface area (Å²) in [4.78, 5) is 21.6. The molecular weight excluding hydrogens is 256 g/mol. The molecule has 0 aromatic carbocycles. The summed E-state index contributed by atoms with van der Waals surface area (Å²) >= 11 is 0. The number of rotatable bonds is 4. The lowest BCUT2D eigenvalue weighted by Crippen LogP contribution is -2.28. The monoisotopic (exact) mass is 270 g/mol. The maximum absolute atomic E-state index is 11.5. The van der Waals surface area contributed by atoms with Crippen molar-refractivity contribution in [1.29, 1.82) is 0 Å². The van der Waals surface area contributed by atoms with Gasteiger partial charge in [-0.25, -0.2) is 0 Å². The SMILES string of the molecule is COC(=O)[C@H]1C[C@H](n2ccc([N+](=O)[O-])c2)O[C@@H]1CO. The Labute approximate surface area is 108 Å². The molecule has 19 heavy (non-hydrogen) atoms. The molecule has 1 aliphatic rings. The molecule has 8 heteroatoms. The van der Waals surface area contributed by atoms with E-state index in [0.29, 0.717) is 6.42 Å². The van der Waals surface area contributed by atoms with Crippen LogP contribution in [0.1, 0.15) is 12.6 Å². The number of nitrogens with zero attached hydrogens (tertiary/aromatic N) is 2. The third kappa shape index (κ3) is 2.59. The van der Waals surface area contributed by atoms with E-state index in [1.165, 1.54) is 30.1 Å². The number of carbonyl (C=O) groups is 1. The van der Waals surface area contributed by atoms with Gasteiger partial charge in [-0.15, -0.1) is 0 Å². The molecule has 2 rings (SSSR count). The predicted molar refractivity (Wildman–Crippen MR) is 62.2 cm³/mol. The number of methoxy groups -OCH3 is 1. The summed E-state index contributed by atoms with van der Waals surface area (Å²) in [6.45, 7) is -0.306. The van der Waals surface area contributed by atoms with Gasteiger partial charge in [0, 0.05) is 18.7 Å². The molecule has 1 aliphatic heterocycles. The van der Waals surface area contributed by atoms with Crippen LogP contribution in [0.25, 0.3) is 0 Å². The lowest BCUT2D eigenvalue weighted by molar-refractivity contribution is -0.384. The van der Waals surface area contributed by atoms with E-state index >= 15 is 0 Å². The number of hydrogen-bond acceptors (Lipinski definition) is 6. The van der Waals surface area contributed by atoms with Crippen molar-refractivity contribution in [3.8, 4) is 0 Å². The van der Waals surface area contributed by atoms with Crippen molar-refractivity contribution in [2.75, 3.05) is 13.7 Å². The van der Waals surface area contributed by atoms with Crippen molar-refractivity contribution in [3.05, 3.63) is 28.6 Å². The number of hydrogen-bond donors (Lipinski definition) is 1. The fourth-order valence-corrected chi connectivity index (χ4v) is 2.17. The van der Waals surface area contributed by atoms with Gasteiger partial charge in [0.2, 0.25) is 0 Å². The predicted octanol–water partition coefficient (Wildman–Crippen LogP) is 0.465. The van der Waals surface area contributed by atoms with Gasteiger partial charge in [0.05, 0.1) is 36.9 Å². The smallest absolute Gasteiger partial charge is 0.311 e. The van der Waals surface area contributed by atoms with Crippen LogP contribution in [0.5, 0.6) is 0 Å². The molecule has 0 aliphatic carbocycles. The molecule has 0 spiro atoms. The molecule has 0 radical (unpaired) electrons. The molecule has 0 unspecified atom stereocenters. The Bertz CT molecular complexity index is 485. The second-order valence-corrected chi connectivity index (χ2v) is 4.25. The summed E-state index contributed by atoms with van der Waals surface area (Å²) in [5.41, 5.74) is -0.0503. The Morgan fingerprint density at radius 2 is 2.47 bits per heavy atom. The molecule has 1 aromatic heterocycles. The van der Waals surface area contributed by atoms with E-state index in [1.807, 2.05) is 0 Å². The van der Waals surface area contributed by atoms with Gasteiger partial charge in [0.1, 0.15) is 6.23 Å². The quantitative estimate of drug-likeness (QED) is 0.484. The Morgan fingerprint density at radius 3 is 3.00 bits per heavy atom. The first-order valence-electron chi connectivity index (χ1n) is 5.72. The Morgan fingerprint density at radius 1 is 1.74 bits per heavy atom. The van der Waals surface area contributed by atoms with Crippen LogP contribution in [0.15, 0.2) is 18.5 Å². The highest BCUT2D eigenvalue weighted by molar-refractivity contribution is 5.73. The van der Waals surface area contributed by atoms with Crippen LogP contribution in [0, 0.1) is 16.0 Å². The Kier molecular flexibility index (Phi) is 3.82. The van der Waals surface area contributed by atoms with E-state index in [2.05, 4.69) is 4.74 Å². The van der Waals surface area contributed by atoms with E-state index in [0.717, 1.165) is 0 Å². The number of carbonyl (C=O) groups excluding carboxylic acids is 1. The zero-order valence-corrected chi connectivity index (χ0v) is 10.3. The van der Waals surface area contributed by atoms with Gasteiger partial charge in [0.25, 0.3) is 5.69 Å². The molecule has 0 saturated carbocycles. The summed E-state index contributed by atoms with van der Waals surface area (Å²) in [5, 5.41) is 19.8. The highest BCUT2D eigenvalue weighted by atomic mass is 16.6. The molecule has 1 aromatic rings. The fraction of sp³-hybridized carbons (Fsp3) is 0.545. The van der Waals surface area contributed by atoms with E-state index < -0.39 is 29.1 Å². The highest BCUT2D eigenvalue weighted by Gasteiger charge is 2.41. The summed E-state index contributed by atoms with van der Waals surface area (Å²) in [5.74, 6) is -1.02. The number of aromatic nitrogens is 1. The van der Waals surface area contributed by atoms with E-state index in [9.17, 15) is 20.0 Å². The van der Waals surface area contributed by atoms with Crippen molar-refractivity contribution in [2.45, 2.75) is 18.8 Å². The third-order valence-electron chi connectivity index (χ3n) is 3.16. The first-order valence-corrected chi connectivity index (χ1v) is 5.72. The summed E-state index contributed by atoms with van der Waals surface area (Å²) in [6.07, 6.45) is 1.98. The standard InChI is InChI=1S/C11H14N2O6/c1-18-11(15)8-4-10(19-9(8)6-14)12-3-2-7(5-12)13(16)17/h2-3,5,8-10,14H,4,6H2,1H3/t8-,9+,10+/m0/s1. The van der Waals surface area contributed by atoms with Crippen molar-refractivity contribution >= 4 is 11.7 Å². The fourth-order valence-electron chi connectivity index (χ4n) is 2.17. The molecular formula is C11H14N2O6. The van der Waals surface area contributed by atoms with Gasteiger partial charge in [-0.2, -0.15) is 0 Å². The largest absolute Gasteiger partial charge is 0.469 e. The normalized spacial score (nSPS) is 26.3. The highest BCUT2D eigenvalue weighted by Crippen LogP contribution is 2.34. The maximum atomic E-state index is 11.5. The van der Waals surface area contributed by atoms with E-state index in [1.54, 1.807) is 0 Å². The molecule has 1 saturated heterocycles. The zero-order chi connectivity index (χ0) is 14.0. The van der Waals surface area contributed by atoms with Gasteiger partial charge >= 0.3 is 5.97 Å². The maximum Gasteiger partial charge on any atom is 0.311 e. The lowest BCUT2D eigenvalue weighted by Gasteiger charge is -2.13. The first-order chi connectivity index (χ1) is 9.06. The van der Waals surface area contributed by atoms with Crippen LogP contribution < -0.4 is 0 Å².